The number of amides is 1. The van der Waals surface area contributed by atoms with E-state index in [-0.39, 0.29) is 12.5 Å². The quantitative estimate of drug-likeness (QED) is 0.161. The maximum absolute atomic E-state index is 12.9. The van der Waals surface area contributed by atoms with Crippen LogP contribution < -0.4 is 10.6 Å². The molecule has 36 heavy (non-hydrogen) atoms. The standard InChI is InChI=1S/C28H43N3O4S/c1-5-6-7-8-9-10-11-12-13-14-24(32)29-23-17-15-22(16-18-23)26-25(27(33)35-20-19-34-4)21(2)31(3)28(36)30-26/h15-18,26H,5-14,19-20H2,1-4H3,(H,29,32)(H,30,36). The average molecular weight is 518 g/mol. The smallest absolute Gasteiger partial charge is 0.338 e. The molecule has 200 valence electrons. The first-order valence-corrected chi connectivity index (χ1v) is 13.6. The lowest BCUT2D eigenvalue weighted by Gasteiger charge is -2.35. The van der Waals surface area contributed by atoms with E-state index in [1.54, 1.807) is 12.0 Å². The van der Waals surface area contributed by atoms with Gasteiger partial charge in [-0.1, -0.05) is 70.4 Å². The highest BCUT2D eigenvalue weighted by Gasteiger charge is 2.33. The van der Waals surface area contributed by atoms with Crippen LogP contribution in [0.2, 0.25) is 0 Å². The summed E-state index contributed by atoms with van der Waals surface area (Å²) in [5, 5.41) is 6.74. The summed E-state index contributed by atoms with van der Waals surface area (Å²) < 4.78 is 10.4. The molecule has 2 N–H and O–H groups in total. The molecule has 7 nitrogen and oxygen atoms in total. The van der Waals surface area contributed by atoms with Crippen LogP contribution in [-0.2, 0) is 19.1 Å². The number of hydrogen-bond donors (Lipinski definition) is 2. The van der Waals surface area contributed by atoms with Crippen LogP contribution >= 0.6 is 12.2 Å². The number of nitrogens with one attached hydrogen (secondary N) is 2. The summed E-state index contributed by atoms with van der Waals surface area (Å²) >= 11 is 5.45. The fourth-order valence-electron chi connectivity index (χ4n) is 4.22. The van der Waals surface area contributed by atoms with Gasteiger partial charge in [0.2, 0.25) is 5.91 Å². The molecule has 0 fully saturated rings. The lowest BCUT2D eigenvalue weighted by Crippen LogP contribution is -2.46. The van der Waals surface area contributed by atoms with E-state index in [9.17, 15) is 9.59 Å². The fourth-order valence-corrected chi connectivity index (χ4v) is 4.48. The van der Waals surface area contributed by atoms with E-state index in [1.807, 2.05) is 38.2 Å². The molecule has 0 radical (unpaired) electrons. The first-order chi connectivity index (χ1) is 17.4. The molecule has 0 saturated carbocycles. The van der Waals surface area contributed by atoms with E-state index < -0.39 is 12.0 Å². The van der Waals surface area contributed by atoms with Gasteiger partial charge >= 0.3 is 5.97 Å². The molecule has 0 aliphatic carbocycles. The minimum absolute atomic E-state index is 0.0300. The second-order valence-corrected chi connectivity index (χ2v) is 9.70. The van der Waals surface area contributed by atoms with Crippen molar-refractivity contribution < 1.29 is 19.1 Å². The number of ether oxygens (including phenoxy) is 2. The molecule has 1 unspecified atom stereocenters. The normalized spacial score (nSPS) is 15.6. The molecule has 1 aliphatic rings. The molecule has 1 aromatic carbocycles. The molecule has 0 saturated heterocycles. The van der Waals surface area contributed by atoms with Gasteiger partial charge in [0.15, 0.2) is 5.11 Å². The fraction of sp³-hybridized carbons (Fsp3) is 0.607. The zero-order chi connectivity index (χ0) is 26.3. The van der Waals surface area contributed by atoms with Crippen molar-refractivity contribution >= 4 is 34.9 Å². The summed E-state index contributed by atoms with van der Waals surface area (Å²) in [6, 6.07) is 7.08. The van der Waals surface area contributed by atoms with Crippen LogP contribution in [-0.4, -0.2) is 49.3 Å². The highest BCUT2D eigenvalue weighted by Crippen LogP contribution is 2.31. The second kappa shape index (κ2) is 16.3. The van der Waals surface area contributed by atoms with Crippen molar-refractivity contribution in [3.05, 3.63) is 41.1 Å². The Hall–Kier alpha value is -2.45. The number of methoxy groups -OCH3 is 1. The Morgan fingerprint density at radius 3 is 2.22 bits per heavy atom. The summed E-state index contributed by atoms with van der Waals surface area (Å²) in [5.41, 5.74) is 2.84. The lowest BCUT2D eigenvalue weighted by molar-refractivity contribution is -0.140. The van der Waals surface area contributed by atoms with Crippen LogP contribution in [0.4, 0.5) is 5.69 Å². The van der Waals surface area contributed by atoms with Gasteiger partial charge in [-0.15, -0.1) is 0 Å². The summed E-state index contributed by atoms with van der Waals surface area (Å²) in [5.74, 6) is -0.378. The number of hydrogen-bond acceptors (Lipinski definition) is 5. The van der Waals surface area contributed by atoms with E-state index in [0.29, 0.717) is 23.7 Å². The van der Waals surface area contributed by atoms with Gasteiger partial charge in [0.05, 0.1) is 18.2 Å². The van der Waals surface area contributed by atoms with E-state index in [0.717, 1.165) is 29.8 Å². The van der Waals surface area contributed by atoms with Crippen LogP contribution in [0.15, 0.2) is 35.5 Å². The van der Waals surface area contributed by atoms with E-state index in [2.05, 4.69) is 17.6 Å². The second-order valence-electron chi connectivity index (χ2n) is 9.32. The molecule has 0 spiro atoms. The van der Waals surface area contributed by atoms with Gasteiger partial charge in [-0.3, -0.25) is 4.79 Å². The Kier molecular flexibility index (Phi) is 13.5. The predicted molar refractivity (Wildman–Crippen MR) is 149 cm³/mol. The third-order valence-corrected chi connectivity index (χ3v) is 6.92. The van der Waals surface area contributed by atoms with Gasteiger partial charge in [-0.05, 0) is 43.3 Å². The van der Waals surface area contributed by atoms with Crippen LogP contribution in [0.3, 0.4) is 0 Å². The number of nitrogens with zero attached hydrogens (tertiary/aromatic N) is 1. The molecule has 1 heterocycles. The van der Waals surface area contributed by atoms with Crippen molar-refractivity contribution in [2.24, 2.45) is 0 Å². The number of anilines is 1. The van der Waals surface area contributed by atoms with Crippen molar-refractivity contribution in [2.45, 2.75) is 84.1 Å². The third kappa shape index (κ3) is 9.54. The largest absolute Gasteiger partial charge is 0.460 e. The van der Waals surface area contributed by atoms with Gasteiger partial charge in [-0.2, -0.15) is 0 Å². The van der Waals surface area contributed by atoms with Gasteiger partial charge < -0.3 is 25.0 Å². The molecule has 1 aromatic rings. The number of esters is 1. The number of allylic oxidation sites excluding steroid dienone is 1. The maximum atomic E-state index is 12.9. The number of thiocarbonyl (C=S) groups is 1. The Morgan fingerprint density at radius 2 is 1.61 bits per heavy atom. The van der Waals surface area contributed by atoms with Crippen molar-refractivity contribution in [3.63, 3.8) is 0 Å². The number of unbranched alkanes of at least 4 members (excludes halogenated alkanes) is 8. The zero-order valence-corrected chi connectivity index (χ0v) is 23.2. The Morgan fingerprint density at radius 1 is 1.00 bits per heavy atom. The molecular weight excluding hydrogens is 474 g/mol. The third-order valence-electron chi connectivity index (χ3n) is 6.53. The van der Waals surface area contributed by atoms with Gasteiger partial charge in [-0.25, -0.2) is 4.79 Å². The minimum Gasteiger partial charge on any atom is -0.460 e. The van der Waals surface area contributed by atoms with Gasteiger partial charge in [0.1, 0.15) is 6.61 Å². The molecule has 8 heteroatoms. The van der Waals surface area contributed by atoms with Crippen LogP contribution in [0.5, 0.6) is 0 Å². The number of carbonyl (C=O) groups is 2. The molecule has 1 amide bonds. The van der Waals surface area contributed by atoms with Crippen molar-refractivity contribution in [3.8, 4) is 0 Å². The Bertz CT molecular complexity index is 885. The highest BCUT2D eigenvalue weighted by atomic mass is 32.1. The van der Waals surface area contributed by atoms with Gasteiger partial charge in [0, 0.05) is 32.0 Å². The molecule has 0 bridgehead atoms. The molecule has 2 rings (SSSR count). The Balaban J connectivity index is 1.88. The highest BCUT2D eigenvalue weighted by molar-refractivity contribution is 7.80. The minimum atomic E-state index is -0.435. The van der Waals surface area contributed by atoms with E-state index in [4.69, 9.17) is 21.7 Å². The summed E-state index contributed by atoms with van der Waals surface area (Å²) in [7, 11) is 3.38. The van der Waals surface area contributed by atoms with E-state index >= 15 is 0 Å². The van der Waals surface area contributed by atoms with E-state index in [1.165, 1.54) is 44.9 Å². The maximum Gasteiger partial charge on any atom is 0.338 e. The SMILES string of the molecule is CCCCCCCCCCCC(=O)Nc1ccc(C2NC(=S)N(C)C(C)=C2C(=O)OCCOC)cc1. The molecule has 1 atom stereocenters. The molecule has 1 aliphatic heterocycles. The lowest BCUT2D eigenvalue weighted by atomic mass is 9.95. The van der Waals surface area contributed by atoms with Crippen molar-refractivity contribution in [2.75, 3.05) is 32.7 Å². The monoisotopic (exact) mass is 517 g/mol. The van der Waals surface area contributed by atoms with Crippen molar-refractivity contribution in [1.82, 2.24) is 10.2 Å². The topological polar surface area (TPSA) is 79.9 Å². The van der Waals surface area contributed by atoms with Gasteiger partial charge in [0.25, 0.3) is 0 Å². The Labute approximate surface area is 222 Å². The first kappa shape index (κ1) is 29.8. The molecule has 0 aromatic heterocycles. The summed E-state index contributed by atoms with van der Waals surface area (Å²) in [6.07, 6.45) is 11.6. The molecular formula is C28H43N3O4S. The van der Waals surface area contributed by atoms with Crippen LogP contribution in [0.25, 0.3) is 0 Å². The predicted octanol–water partition coefficient (Wildman–Crippen LogP) is 5.87. The van der Waals surface area contributed by atoms with Crippen LogP contribution in [0.1, 0.15) is 89.7 Å². The summed E-state index contributed by atoms with van der Waals surface area (Å²) in [6.45, 7) is 4.60. The number of carbonyl (C=O) groups excluding carboxylic acids is 2. The van der Waals surface area contributed by atoms with Crippen LogP contribution in [0, 0.1) is 0 Å². The van der Waals surface area contributed by atoms with Crippen molar-refractivity contribution in [1.29, 1.82) is 0 Å². The zero-order valence-electron chi connectivity index (χ0n) is 22.4. The number of rotatable bonds is 16. The summed E-state index contributed by atoms with van der Waals surface area (Å²) in [4.78, 5) is 27.0. The number of benzene rings is 1. The first-order valence-electron chi connectivity index (χ1n) is 13.2. The average Bonchev–Trinajstić information content (AvgIpc) is 2.86.